The average Bonchev–Trinajstić information content (AvgIpc) is 1.83. The van der Waals surface area contributed by atoms with Gasteiger partial charge in [-0.3, -0.25) is 10.2 Å². The monoisotopic (exact) mass is 115 g/mol. The van der Waals surface area contributed by atoms with E-state index in [9.17, 15) is 4.79 Å². The SMILES string of the molecule is [N-]=[N+]=NCC(=O)NN. The summed E-state index contributed by atoms with van der Waals surface area (Å²) in [7, 11) is 0. The molecule has 0 aliphatic carbocycles. The van der Waals surface area contributed by atoms with Crippen LogP contribution in [-0.4, -0.2) is 12.5 Å². The van der Waals surface area contributed by atoms with Crippen LogP contribution in [0.5, 0.6) is 0 Å². The molecule has 0 radical (unpaired) electrons. The second-order valence-corrected chi connectivity index (χ2v) is 0.956. The molecule has 0 spiro atoms. The highest BCUT2D eigenvalue weighted by Gasteiger charge is 1.90. The molecule has 8 heavy (non-hydrogen) atoms. The molecule has 0 aromatic carbocycles. The summed E-state index contributed by atoms with van der Waals surface area (Å²) in [4.78, 5) is 12.4. The number of amides is 1. The first-order valence-electron chi connectivity index (χ1n) is 1.81. The van der Waals surface area contributed by atoms with Gasteiger partial charge in [0.1, 0.15) is 6.54 Å². The lowest BCUT2D eigenvalue weighted by atomic mass is 10.6. The van der Waals surface area contributed by atoms with Gasteiger partial charge in [-0.1, -0.05) is 5.11 Å². The molecule has 0 bridgehead atoms. The molecule has 0 aromatic heterocycles. The highest BCUT2D eigenvalue weighted by atomic mass is 16.2. The molecule has 0 fully saturated rings. The summed E-state index contributed by atoms with van der Waals surface area (Å²) in [6, 6.07) is 0. The Kier molecular flexibility index (Phi) is 3.30. The lowest BCUT2D eigenvalue weighted by Gasteiger charge is -1.87. The van der Waals surface area contributed by atoms with Gasteiger partial charge in [0.15, 0.2) is 0 Å². The molecule has 0 heterocycles. The third kappa shape index (κ3) is 2.95. The summed E-state index contributed by atoms with van der Waals surface area (Å²) in [6.45, 7) is -0.243. The summed E-state index contributed by atoms with van der Waals surface area (Å²) in [5.74, 6) is 4.13. The predicted octanol–water partition coefficient (Wildman–Crippen LogP) is -0.713. The average molecular weight is 115 g/mol. The summed E-state index contributed by atoms with van der Waals surface area (Å²) in [5.41, 5.74) is 9.44. The highest BCUT2D eigenvalue weighted by molar-refractivity contribution is 5.77. The molecule has 0 aliphatic heterocycles. The van der Waals surface area contributed by atoms with Crippen LogP contribution < -0.4 is 11.3 Å². The number of nitrogens with two attached hydrogens (primary N) is 1. The molecule has 0 aromatic rings. The van der Waals surface area contributed by atoms with Crippen molar-refractivity contribution in [3.05, 3.63) is 10.4 Å². The van der Waals surface area contributed by atoms with Crippen molar-refractivity contribution in [2.75, 3.05) is 6.54 Å². The Morgan fingerprint density at radius 3 is 3.00 bits per heavy atom. The Bertz CT molecular complexity index is 124. The minimum absolute atomic E-state index is 0.243. The Morgan fingerprint density at radius 1 is 2.00 bits per heavy atom. The van der Waals surface area contributed by atoms with E-state index in [1.54, 1.807) is 5.43 Å². The number of hydrogen-bond acceptors (Lipinski definition) is 3. The van der Waals surface area contributed by atoms with E-state index in [4.69, 9.17) is 5.53 Å². The van der Waals surface area contributed by atoms with Gasteiger partial charge in [-0.2, -0.15) is 0 Å². The molecule has 3 N–H and O–H groups in total. The Morgan fingerprint density at radius 2 is 2.62 bits per heavy atom. The first kappa shape index (κ1) is 6.74. The van der Waals surface area contributed by atoms with E-state index < -0.39 is 5.91 Å². The molecule has 0 aliphatic rings. The molecular formula is C2H5N5O. The summed E-state index contributed by atoms with van der Waals surface area (Å²) in [5, 5.41) is 2.93. The van der Waals surface area contributed by atoms with E-state index in [1.165, 1.54) is 0 Å². The smallest absolute Gasteiger partial charge is 0.239 e. The maximum absolute atomic E-state index is 10.1. The van der Waals surface area contributed by atoms with Gasteiger partial charge in [-0.15, -0.1) is 0 Å². The standard InChI is InChI=1S/C2H5N5O/c3-6-2(8)1-5-7-4/h1,3H2,(H,6,8). The normalized spacial score (nSPS) is 7.12. The van der Waals surface area contributed by atoms with Crippen LogP contribution in [-0.2, 0) is 4.79 Å². The van der Waals surface area contributed by atoms with E-state index in [1.807, 2.05) is 0 Å². The Hall–Kier alpha value is -1.26. The van der Waals surface area contributed by atoms with Crippen molar-refractivity contribution in [2.24, 2.45) is 11.0 Å². The molecule has 1 amide bonds. The fourth-order valence-electron chi connectivity index (χ4n) is 0.141. The second kappa shape index (κ2) is 3.91. The van der Waals surface area contributed by atoms with Crippen molar-refractivity contribution < 1.29 is 4.79 Å². The topological polar surface area (TPSA) is 104 Å². The van der Waals surface area contributed by atoms with Crippen molar-refractivity contribution >= 4 is 5.91 Å². The van der Waals surface area contributed by atoms with Gasteiger partial charge in [0.05, 0.1) is 0 Å². The van der Waals surface area contributed by atoms with Gasteiger partial charge >= 0.3 is 0 Å². The van der Waals surface area contributed by atoms with Crippen molar-refractivity contribution in [1.82, 2.24) is 5.43 Å². The third-order valence-corrected chi connectivity index (χ3v) is 0.439. The van der Waals surface area contributed by atoms with Crippen LogP contribution >= 0.6 is 0 Å². The predicted molar refractivity (Wildman–Crippen MR) is 26.3 cm³/mol. The van der Waals surface area contributed by atoms with Crippen LogP contribution in [0, 0.1) is 0 Å². The molecule has 44 valence electrons. The highest BCUT2D eigenvalue weighted by Crippen LogP contribution is 1.67. The zero-order chi connectivity index (χ0) is 6.41. The molecule has 0 rings (SSSR count). The van der Waals surface area contributed by atoms with Crippen LogP contribution in [0.2, 0.25) is 0 Å². The second-order valence-electron chi connectivity index (χ2n) is 0.956. The van der Waals surface area contributed by atoms with Crippen molar-refractivity contribution in [2.45, 2.75) is 0 Å². The summed E-state index contributed by atoms with van der Waals surface area (Å²) in [6.07, 6.45) is 0. The summed E-state index contributed by atoms with van der Waals surface area (Å²) < 4.78 is 0. The van der Waals surface area contributed by atoms with E-state index in [0.29, 0.717) is 0 Å². The fraction of sp³-hybridized carbons (Fsp3) is 0.500. The number of nitrogens with zero attached hydrogens (tertiary/aromatic N) is 3. The Labute approximate surface area is 45.3 Å². The largest absolute Gasteiger partial charge is 0.294 e. The van der Waals surface area contributed by atoms with E-state index in [0.717, 1.165) is 0 Å². The van der Waals surface area contributed by atoms with Gasteiger partial charge < -0.3 is 0 Å². The van der Waals surface area contributed by atoms with Crippen LogP contribution in [0.3, 0.4) is 0 Å². The van der Waals surface area contributed by atoms with Gasteiger partial charge in [0.2, 0.25) is 5.91 Å². The number of azide groups is 1. The lowest BCUT2D eigenvalue weighted by molar-refractivity contribution is -0.119. The number of carbonyl (C=O) groups is 1. The van der Waals surface area contributed by atoms with Gasteiger partial charge in [-0.05, 0) is 5.53 Å². The summed E-state index contributed by atoms with van der Waals surface area (Å²) >= 11 is 0. The van der Waals surface area contributed by atoms with Gasteiger partial charge in [-0.25, -0.2) is 5.84 Å². The number of hydrazine groups is 1. The maximum atomic E-state index is 10.1. The molecule has 6 heteroatoms. The number of rotatable bonds is 2. The zero-order valence-electron chi connectivity index (χ0n) is 4.03. The van der Waals surface area contributed by atoms with E-state index >= 15 is 0 Å². The minimum Gasteiger partial charge on any atom is -0.294 e. The van der Waals surface area contributed by atoms with Crippen LogP contribution in [0.15, 0.2) is 5.11 Å². The first-order valence-corrected chi connectivity index (χ1v) is 1.81. The van der Waals surface area contributed by atoms with E-state index in [-0.39, 0.29) is 6.54 Å². The molecule has 6 nitrogen and oxygen atoms in total. The maximum Gasteiger partial charge on any atom is 0.239 e. The van der Waals surface area contributed by atoms with Gasteiger partial charge in [0, 0.05) is 4.91 Å². The van der Waals surface area contributed by atoms with Crippen molar-refractivity contribution in [1.29, 1.82) is 0 Å². The van der Waals surface area contributed by atoms with Gasteiger partial charge in [0.25, 0.3) is 0 Å². The van der Waals surface area contributed by atoms with Crippen molar-refractivity contribution in [3.8, 4) is 0 Å². The molecule has 0 saturated carbocycles. The first-order chi connectivity index (χ1) is 3.81. The van der Waals surface area contributed by atoms with Crippen LogP contribution in [0.1, 0.15) is 0 Å². The fourth-order valence-corrected chi connectivity index (χ4v) is 0.141. The molecular weight excluding hydrogens is 110 g/mol. The lowest BCUT2D eigenvalue weighted by Crippen LogP contribution is -2.31. The molecule has 0 unspecified atom stereocenters. The Balaban J connectivity index is 3.39. The minimum atomic E-state index is -0.497. The van der Waals surface area contributed by atoms with Crippen LogP contribution in [0.25, 0.3) is 10.4 Å². The molecule has 0 atom stereocenters. The number of carbonyl (C=O) groups excluding carboxylic acids is 1. The van der Waals surface area contributed by atoms with Crippen molar-refractivity contribution in [3.63, 3.8) is 0 Å². The van der Waals surface area contributed by atoms with E-state index in [2.05, 4.69) is 15.9 Å². The zero-order valence-corrected chi connectivity index (χ0v) is 4.03. The third-order valence-electron chi connectivity index (χ3n) is 0.439. The quantitative estimate of drug-likeness (QED) is 0.124. The molecule has 0 saturated heterocycles. The number of hydrogen-bond donors (Lipinski definition) is 2. The van der Waals surface area contributed by atoms with Crippen LogP contribution in [0.4, 0.5) is 0 Å². The number of nitrogens with one attached hydrogen (secondary N) is 1.